The summed E-state index contributed by atoms with van der Waals surface area (Å²) in [6.45, 7) is 10.8. The molecular weight excluding hydrogens is 876 g/mol. The number of hydrogen-bond acceptors (Lipinski definition) is 12. The number of fused-ring (bicyclic) bond motifs is 5. The summed E-state index contributed by atoms with van der Waals surface area (Å²) in [4.78, 5) is 56.3. The molecule has 3 aromatic heterocycles. The van der Waals surface area contributed by atoms with Crippen LogP contribution in [0, 0.1) is 22.7 Å². The second-order valence-corrected chi connectivity index (χ2v) is 22.3. The van der Waals surface area contributed by atoms with Crippen molar-refractivity contribution in [1.82, 2.24) is 35.2 Å². The third kappa shape index (κ3) is 7.18. The topological polar surface area (TPSA) is 149 Å². The van der Waals surface area contributed by atoms with Gasteiger partial charge < -0.3 is 28.8 Å². The van der Waals surface area contributed by atoms with Gasteiger partial charge in [-0.25, -0.2) is 10.4 Å². The van der Waals surface area contributed by atoms with E-state index in [0.717, 1.165) is 0 Å². The van der Waals surface area contributed by atoms with Crippen molar-refractivity contribution in [2.24, 2.45) is 22.7 Å². The van der Waals surface area contributed by atoms with E-state index in [2.05, 4.69) is 20.6 Å². The molecule has 1 aromatic carbocycles. The number of thiazole rings is 1. The Morgan fingerprint density at radius 3 is 2.52 bits per heavy atom. The van der Waals surface area contributed by atoms with E-state index in [9.17, 15) is 22.8 Å². The van der Waals surface area contributed by atoms with E-state index >= 15 is 4.79 Å². The summed E-state index contributed by atoms with van der Waals surface area (Å²) < 4.78 is 69.6. The molecule has 66 heavy (non-hydrogen) atoms. The third-order valence-corrected chi connectivity index (χ3v) is 16.5. The Balaban J connectivity index is 1.08. The number of amides is 2. The summed E-state index contributed by atoms with van der Waals surface area (Å²) in [5.41, 5.74) is 4.52. The van der Waals surface area contributed by atoms with Gasteiger partial charge in [-0.15, -0.1) is 11.3 Å². The second-order valence-electron chi connectivity index (χ2n) is 21.4. The van der Waals surface area contributed by atoms with Crippen molar-refractivity contribution in [1.29, 1.82) is 0 Å². The predicted molar refractivity (Wildman–Crippen MR) is 237 cm³/mol. The second kappa shape index (κ2) is 15.3. The van der Waals surface area contributed by atoms with Gasteiger partial charge in [-0.3, -0.25) is 29.3 Å². The summed E-state index contributed by atoms with van der Waals surface area (Å²) >= 11 is 1.37. The number of nitrogens with one attached hydrogen (secondary N) is 2. The molecular formula is C48H56F3N7O7S. The summed E-state index contributed by atoms with van der Waals surface area (Å²) in [6, 6.07) is 6.03. The van der Waals surface area contributed by atoms with Crippen LogP contribution < -0.4 is 10.7 Å². The number of carbonyl (C=O) groups is 3. The van der Waals surface area contributed by atoms with Gasteiger partial charge in [0.25, 0.3) is 11.8 Å². The first-order valence-corrected chi connectivity index (χ1v) is 23.9. The number of halogens is 3. The summed E-state index contributed by atoms with van der Waals surface area (Å²) in [5.74, 6) is -1.08. The Hall–Kier alpha value is -4.46. The lowest BCUT2D eigenvalue weighted by Crippen LogP contribution is -2.74. The van der Waals surface area contributed by atoms with Crippen LogP contribution in [0.2, 0.25) is 0 Å². The number of pyridine rings is 1. The number of likely N-dealkylation sites (tertiary alicyclic amines) is 1. The highest BCUT2D eigenvalue weighted by Gasteiger charge is 2.66. The van der Waals surface area contributed by atoms with E-state index < -0.39 is 59.5 Å². The standard InChI is InChI=1S/C48H56F3N7O7S/c1-25(62-6)35-30(8-7-11-52-35)38-32-17-44(2,3)22-64-42(60)36-27-12-29(13-27)58(55-36)41(59)37(54-43(61)47-15-28(16-47)45(4,5)65-47)39(56-19-46(20-56)23-63-24-46)40-53-33(18-66-40)26-9-10-34(31(32)14-26)57(38)21-48(49,50)51/h7-11,14,18,25,27-29,36-37,39,55H,12-13,15-17,19-24H2,1-6H3,(H,54,61)/t25-,27?,28?,29?,36-,37-,39-,47?/m0/s1. The van der Waals surface area contributed by atoms with Crippen molar-refractivity contribution in [3.63, 3.8) is 0 Å². The van der Waals surface area contributed by atoms with Crippen LogP contribution in [0.25, 0.3) is 33.4 Å². The molecule has 0 radical (unpaired) electrons. The number of benzene rings is 1. The number of esters is 1. The van der Waals surface area contributed by atoms with Gasteiger partial charge in [-0.05, 0) is 94.5 Å². The molecule has 0 unspecified atom stereocenters. The number of ether oxygens (including phenoxy) is 4. The maximum absolute atomic E-state index is 15.4. The van der Waals surface area contributed by atoms with Crippen molar-refractivity contribution in [3.8, 4) is 22.5 Å². The van der Waals surface area contributed by atoms with Crippen LogP contribution in [0.5, 0.6) is 0 Å². The van der Waals surface area contributed by atoms with Gasteiger partial charge in [-0.2, -0.15) is 13.2 Å². The van der Waals surface area contributed by atoms with Crippen LogP contribution >= 0.6 is 11.3 Å². The minimum absolute atomic E-state index is 0.0520. The molecule has 1 spiro atoms. The molecule has 6 saturated heterocycles. The van der Waals surface area contributed by atoms with E-state index in [1.165, 1.54) is 23.0 Å². The number of nitrogens with zero attached hydrogens (tertiary/aromatic N) is 5. The summed E-state index contributed by atoms with van der Waals surface area (Å²) in [7, 11) is 1.54. The highest BCUT2D eigenvalue weighted by atomic mass is 32.1. The first-order chi connectivity index (χ1) is 31.3. The van der Waals surface area contributed by atoms with Crippen LogP contribution in [0.3, 0.4) is 0 Å². The fourth-order valence-corrected chi connectivity index (χ4v) is 12.8. The van der Waals surface area contributed by atoms with E-state index in [-0.39, 0.29) is 48.1 Å². The maximum atomic E-state index is 15.4. The SMILES string of the molecule is CO[C@@H](C)c1ncccc1-c1c2c3cc(ccc3n1CC(F)(F)F)-c1csc(n1)[C@@H](N1CC3(COC3)C1)[C@H](NC(=O)C13CC(C1)C(C)(C)O3)C(=O)N1N[C@H](C(=O)OCC(C)(C)C2)C2CC1C2. The fourth-order valence-electron chi connectivity index (χ4n) is 11.8. The summed E-state index contributed by atoms with van der Waals surface area (Å²) in [5, 5.41) is 7.88. The molecule has 2 saturated carbocycles. The molecule has 7 aliphatic heterocycles. The number of cyclic esters (lactones) is 1. The molecule has 2 aliphatic carbocycles. The molecule has 2 amide bonds. The molecule has 18 heteroatoms. The van der Waals surface area contributed by atoms with Crippen molar-refractivity contribution in [2.75, 3.05) is 40.0 Å². The van der Waals surface area contributed by atoms with Crippen LogP contribution in [0.15, 0.2) is 41.9 Å². The average molecular weight is 932 g/mol. The zero-order chi connectivity index (χ0) is 46.3. The van der Waals surface area contributed by atoms with Crippen LogP contribution in [0.4, 0.5) is 13.2 Å². The van der Waals surface area contributed by atoms with Crippen molar-refractivity contribution < 1.29 is 46.5 Å². The van der Waals surface area contributed by atoms with Gasteiger partial charge in [0.1, 0.15) is 29.2 Å². The smallest absolute Gasteiger partial charge is 0.406 e. The number of methoxy groups -OCH3 is 1. The predicted octanol–water partition coefficient (Wildman–Crippen LogP) is 6.53. The highest BCUT2D eigenvalue weighted by Crippen LogP contribution is 2.58. The minimum Gasteiger partial charge on any atom is -0.464 e. The molecule has 13 rings (SSSR count). The number of hydrazine groups is 1. The lowest BCUT2D eigenvalue weighted by Gasteiger charge is -2.58. The Morgan fingerprint density at radius 2 is 1.85 bits per heavy atom. The number of aromatic nitrogens is 3. The first-order valence-electron chi connectivity index (χ1n) is 23.0. The number of rotatable bonds is 7. The van der Waals surface area contributed by atoms with Gasteiger partial charge >= 0.3 is 12.1 Å². The average Bonchev–Trinajstić information content (AvgIpc) is 3.95. The lowest BCUT2D eigenvalue weighted by molar-refractivity contribution is -0.204. The first kappa shape index (κ1) is 44.1. The normalized spacial score (nSPS) is 31.3. The number of hydrogen-bond donors (Lipinski definition) is 2. The van der Waals surface area contributed by atoms with Crippen molar-refractivity contribution >= 4 is 40.0 Å². The zero-order valence-electron chi connectivity index (χ0n) is 38.0. The third-order valence-electron chi connectivity index (χ3n) is 15.6. The van der Waals surface area contributed by atoms with Gasteiger partial charge in [-0.1, -0.05) is 19.9 Å². The summed E-state index contributed by atoms with van der Waals surface area (Å²) in [6.07, 6.45) is -0.990. The van der Waals surface area contributed by atoms with Crippen molar-refractivity contribution in [3.05, 3.63) is 58.2 Å². The van der Waals surface area contributed by atoms with E-state index in [0.29, 0.717) is 102 Å². The minimum atomic E-state index is -4.58. The molecule has 4 atom stereocenters. The van der Waals surface area contributed by atoms with Gasteiger partial charge in [0.2, 0.25) is 0 Å². The molecule has 10 heterocycles. The Morgan fingerprint density at radius 1 is 1.09 bits per heavy atom. The van der Waals surface area contributed by atoms with E-state index in [1.807, 2.05) is 46.1 Å². The van der Waals surface area contributed by atoms with Crippen molar-refractivity contribution in [2.45, 2.75) is 121 Å². The zero-order valence-corrected chi connectivity index (χ0v) is 38.8. The van der Waals surface area contributed by atoms with E-state index in [4.69, 9.17) is 23.9 Å². The number of alkyl halides is 3. The molecule has 10 bridgehead atoms. The van der Waals surface area contributed by atoms with Crippen LogP contribution in [-0.4, -0.2) is 118 Å². The monoisotopic (exact) mass is 931 g/mol. The lowest BCUT2D eigenvalue weighted by atomic mass is 9.69. The van der Waals surface area contributed by atoms with Gasteiger partial charge in [0.05, 0.1) is 54.6 Å². The highest BCUT2D eigenvalue weighted by molar-refractivity contribution is 7.10. The Bertz CT molecular complexity index is 2620. The quantitative estimate of drug-likeness (QED) is 0.195. The molecule has 2 N–H and O–H groups in total. The molecule has 9 aliphatic rings. The molecule has 4 aromatic rings. The maximum Gasteiger partial charge on any atom is 0.406 e. The number of carbonyl (C=O) groups excluding carboxylic acids is 3. The molecule has 8 fully saturated rings. The van der Waals surface area contributed by atoms with Gasteiger partial charge in [0.15, 0.2) is 0 Å². The van der Waals surface area contributed by atoms with Crippen LogP contribution in [0.1, 0.15) is 88.7 Å². The molecule has 14 nitrogen and oxygen atoms in total. The van der Waals surface area contributed by atoms with Crippen LogP contribution in [-0.2, 0) is 46.3 Å². The van der Waals surface area contributed by atoms with E-state index in [1.54, 1.807) is 35.5 Å². The fraction of sp³-hybridized carbons (Fsp3) is 0.604. The largest absolute Gasteiger partial charge is 0.464 e. The van der Waals surface area contributed by atoms with Gasteiger partial charge in [0, 0.05) is 70.7 Å². The molecule has 352 valence electrons. The Kier molecular flexibility index (Phi) is 10.2. The Labute approximate surface area is 384 Å².